The van der Waals surface area contributed by atoms with Gasteiger partial charge in [-0.2, -0.15) is 5.10 Å². The molecule has 4 rings (SSSR count). The van der Waals surface area contributed by atoms with Gasteiger partial charge in [-0.15, -0.1) is 0 Å². The van der Waals surface area contributed by atoms with Crippen LogP contribution in [0.5, 0.6) is 0 Å². The molecule has 0 saturated carbocycles. The van der Waals surface area contributed by atoms with E-state index in [1.54, 1.807) is 17.1 Å². The monoisotopic (exact) mass is 409 g/mol. The zero-order chi connectivity index (χ0) is 18.1. The second-order valence-electron chi connectivity index (χ2n) is 6.00. The lowest BCUT2D eigenvalue weighted by Crippen LogP contribution is -1.98. The summed E-state index contributed by atoms with van der Waals surface area (Å²) in [5.41, 5.74) is 4.42. The molecule has 26 heavy (non-hydrogen) atoms. The molecule has 2 aromatic heterocycles. The Morgan fingerprint density at radius 3 is 2.77 bits per heavy atom. The minimum Gasteiger partial charge on any atom is -0.392 e. The molecule has 0 saturated heterocycles. The van der Waals surface area contributed by atoms with Gasteiger partial charge in [-0.3, -0.25) is 4.68 Å². The average Bonchev–Trinajstić information content (AvgIpc) is 3.08. The Bertz CT molecular complexity index is 1090. The van der Waals surface area contributed by atoms with Crippen molar-refractivity contribution in [2.75, 3.05) is 5.32 Å². The first-order valence-corrected chi connectivity index (χ1v) is 8.83. The number of nitrogens with one attached hydrogen (secondary N) is 1. The van der Waals surface area contributed by atoms with Crippen LogP contribution in [-0.2, 0) is 13.7 Å². The number of anilines is 2. The summed E-state index contributed by atoms with van der Waals surface area (Å²) in [6.45, 7) is -0.0462. The first kappa shape index (κ1) is 16.7. The fourth-order valence-electron chi connectivity index (χ4n) is 2.79. The molecule has 7 heteroatoms. The standard InChI is InChI=1S/C19H16BrN5O/c1-25-10-15(9-22-25)13-4-12(11-26)5-17(7-13)23-19-21-8-14-6-16(20)2-3-18(14)24-19/h2-10,26H,11H2,1H3,(H,21,23,24). The van der Waals surface area contributed by atoms with E-state index >= 15 is 0 Å². The highest BCUT2D eigenvalue weighted by atomic mass is 79.9. The molecule has 0 aliphatic rings. The molecule has 0 unspecified atom stereocenters. The van der Waals surface area contributed by atoms with Crippen molar-refractivity contribution in [1.29, 1.82) is 0 Å². The molecule has 0 atom stereocenters. The van der Waals surface area contributed by atoms with Gasteiger partial charge in [-0.05, 0) is 47.5 Å². The van der Waals surface area contributed by atoms with Gasteiger partial charge in [-0.25, -0.2) is 9.97 Å². The van der Waals surface area contributed by atoms with Gasteiger partial charge in [0.1, 0.15) is 0 Å². The van der Waals surface area contributed by atoms with Crippen LogP contribution in [0.4, 0.5) is 11.6 Å². The highest BCUT2D eigenvalue weighted by Gasteiger charge is 2.07. The number of aromatic nitrogens is 4. The Hall–Kier alpha value is -2.77. The van der Waals surface area contributed by atoms with Crippen LogP contribution in [0.15, 0.2) is 59.5 Å². The van der Waals surface area contributed by atoms with Crippen LogP contribution < -0.4 is 5.32 Å². The number of aryl methyl sites for hydroxylation is 1. The molecule has 4 aromatic rings. The minimum absolute atomic E-state index is 0.0462. The molecule has 130 valence electrons. The molecule has 0 amide bonds. The summed E-state index contributed by atoms with van der Waals surface area (Å²) in [6, 6.07) is 11.7. The quantitative estimate of drug-likeness (QED) is 0.532. The topological polar surface area (TPSA) is 75.9 Å². The average molecular weight is 410 g/mol. The third-order valence-corrected chi connectivity index (χ3v) is 4.50. The SMILES string of the molecule is Cn1cc(-c2cc(CO)cc(Nc3ncc4cc(Br)ccc4n3)c2)cn1. The van der Waals surface area contributed by atoms with Crippen molar-refractivity contribution in [3.05, 3.63) is 65.0 Å². The van der Waals surface area contributed by atoms with E-state index in [1.807, 2.05) is 49.6 Å². The number of hydrogen-bond acceptors (Lipinski definition) is 5. The van der Waals surface area contributed by atoms with Crippen LogP contribution in [0, 0.1) is 0 Å². The third-order valence-electron chi connectivity index (χ3n) is 4.01. The lowest BCUT2D eigenvalue weighted by Gasteiger charge is -2.10. The summed E-state index contributed by atoms with van der Waals surface area (Å²) in [7, 11) is 1.87. The fraction of sp³-hybridized carbons (Fsp3) is 0.105. The Labute approximate surface area is 158 Å². The van der Waals surface area contributed by atoms with Crippen molar-refractivity contribution in [2.45, 2.75) is 6.61 Å². The fourth-order valence-corrected chi connectivity index (χ4v) is 3.16. The molecular formula is C19H16BrN5O. The Morgan fingerprint density at radius 2 is 2.00 bits per heavy atom. The summed E-state index contributed by atoms with van der Waals surface area (Å²) in [5, 5.41) is 18.0. The summed E-state index contributed by atoms with van der Waals surface area (Å²) in [5.74, 6) is 0.507. The van der Waals surface area contributed by atoms with E-state index in [4.69, 9.17) is 0 Å². The van der Waals surface area contributed by atoms with Gasteiger partial charge in [-0.1, -0.05) is 15.9 Å². The summed E-state index contributed by atoms with van der Waals surface area (Å²) >= 11 is 3.45. The number of nitrogens with zero attached hydrogens (tertiary/aromatic N) is 4. The molecular weight excluding hydrogens is 394 g/mol. The van der Waals surface area contributed by atoms with E-state index in [2.05, 4.69) is 36.3 Å². The molecule has 2 N–H and O–H groups in total. The van der Waals surface area contributed by atoms with Crippen molar-refractivity contribution >= 4 is 38.5 Å². The van der Waals surface area contributed by atoms with Crippen molar-refractivity contribution in [1.82, 2.24) is 19.7 Å². The number of aliphatic hydroxyl groups excluding tert-OH is 1. The first-order chi connectivity index (χ1) is 12.6. The second-order valence-corrected chi connectivity index (χ2v) is 6.92. The number of halogens is 1. The molecule has 6 nitrogen and oxygen atoms in total. The normalized spacial score (nSPS) is 11.0. The largest absolute Gasteiger partial charge is 0.392 e. The molecule has 0 radical (unpaired) electrons. The zero-order valence-electron chi connectivity index (χ0n) is 14.0. The number of fused-ring (bicyclic) bond motifs is 1. The number of aliphatic hydroxyl groups is 1. The van der Waals surface area contributed by atoms with Gasteiger partial charge in [0.25, 0.3) is 0 Å². The minimum atomic E-state index is -0.0462. The molecule has 0 aliphatic carbocycles. The number of benzene rings is 2. The van der Waals surface area contributed by atoms with Crippen LogP contribution >= 0.6 is 15.9 Å². The highest BCUT2D eigenvalue weighted by molar-refractivity contribution is 9.10. The summed E-state index contributed by atoms with van der Waals surface area (Å²) < 4.78 is 2.74. The third kappa shape index (κ3) is 3.44. The van der Waals surface area contributed by atoms with Crippen molar-refractivity contribution < 1.29 is 5.11 Å². The van der Waals surface area contributed by atoms with Crippen LogP contribution in [0.2, 0.25) is 0 Å². The lowest BCUT2D eigenvalue weighted by molar-refractivity contribution is 0.282. The molecule has 0 fully saturated rings. The maximum atomic E-state index is 9.59. The smallest absolute Gasteiger partial charge is 0.227 e. The summed E-state index contributed by atoms with van der Waals surface area (Å²) in [6.07, 6.45) is 5.52. The first-order valence-electron chi connectivity index (χ1n) is 8.04. The maximum absolute atomic E-state index is 9.59. The maximum Gasteiger partial charge on any atom is 0.227 e. The predicted molar refractivity (Wildman–Crippen MR) is 105 cm³/mol. The van der Waals surface area contributed by atoms with Gasteiger partial charge < -0.3 is 10.4 Å². The summed E-state index contributed by atoms with van der Waals surface area (Å²) in [4.78, 5) is 8.93. The van der Waals surface area contributed by atoms with Gasteiger partial charge in [0.2, 0.25) is 5.95 Å². The second kappa shape index (κ2) is 6.86. The van der Waals surface area contributed by atoms with E-state index in [-0.39, 0.29) is 6.61 Å². The molecule has 0 spiro atoms. The molecule has 0 aliphatic heterocycles. The van der Waals surface area contributed by atoms with Gasteiger partial charge >= 0.3 is 0 Å². The van der Waals surface area contributed by atoms with Crippen LogP contribution in [0.25, 0.3) is 22.0 Å². The Morgan fingerprint density at radius 1 is 1.12 bits per heavy atom. The predicted octanol–water partition coefficient (Wildman–Crippen LogP) is 4.03. The van der Waals surface area contributed by atoms with Crippen molar-refractivity contribution in [3.63, 3.8) is 0 Å². The van der Waals surface area contributed by atoms with E-state index in [0.717, 1.165) is 37.8 Å². The molecule has 2 aromatic carbocycles. The highest BCUT2D eigenvalue weighted by Crippen LogP contribution is 2.26. The Balaban J connectivity index is 1.70. The number of rotatable bonds is 4. The van der Waals surface area contributed by atoms with Crippen LogP contribution in [0.1, 0.15) is 5.56 Å². The molecule has 2 heterocycles. The van der Waals surface area contributed by atoms with Crippen LogP contribution in [0.3, 0.4) is 0 Å². The van der Waals surface area contributed by atoms with Gasteiger partial charge in [0.05, 0.1) is 18.3 Å². The van der Waals surface area contributed by atoms with E-state index in [9.17, 15) is 5.11 Å². The van der Waals surface area contributed by atoms with E-state index in [1.165, 1.54) is 0 Å². The zero-order valence-corrected chi connectivity index (χ0v) is 15.6. The van der Waals surface area contributed by atoms with Gasteiger partial charge in [0.15, 0.2) is 0 Å². The Kier molecular flexibility index (Phi) is 4.40. The van der Waals surface area contributed by atoms with E-state index < -0.39 is 0 Å². The number of hydrogen-bond donors (Lipinski definition) is 2. The van der Waals surface area contributed by atoms with Crippen molar-refractivity contribution in [2.24, 2.45) is 7.05 Å². The van der Waals surface area contributed by atoms with Crippen LogP contribution in [-0.4, -0.2) is 24.9 Å². The lowest BCUT2D eigenvalue weighted by atomic mass is 10.1. The molecule has 0 bridgehead atoms. The van der Waals surface area contributed by atoms with Crippen molar-refractivity contribution in [3.8, 4) is 11.1 Å². The van der Waals surface area contributed by atoms with E-state index in [0.29, 0.717) is 5.95 Å². The van der Waals surface area contributed by atoms with Gasteiger partial charge in [0, 0.05) is 40.6 Å².